The zero-order chi connectivity index (χ0) is 19.7. The summed E-state index contributed by atoms with van der Waals surface area (Å²) in [6.07, 6.45) is -8.71. The summed E-state index contributed by atoms with van der Waals surface area (Å²) in [6, 6.07) is 10.4. The van der Waals surface area contributed by atoms with Crippen LogP contribution < -0.4 is 9.80 Å². The summed E-state index contributed by atoms with van der Waals surface area (Å²) in [7, 11) is 0. The van der Waals surface area contributed by atoms with Gasteiger partial charge in [0, 0.05) is 11.3 Å². The molecule has 3 rings (SSSR count). The molecular formula is C19H19F6N2+. The predicted octanol–water partition coefficient (Wildman–Crippen LogP) is 3.63. The topological polar surface area (TPSA) is 7.68 Å². The van der Waals surface area contributed by atoms with Crippen molar-refractivity contribution in [3.63, 3.8) is 0 Å². The van der Waals surface area contributed by atoms with Crippen LogP contribution in [-0.4, -0.2) is 26.2 Å². The molecule has 146 valence electrons. The standard InChI is InChI=1S/C19H18F6N2/c20-18(21,22)15-6-4-14(5-7-15)13-26-8-10-27(11-9-26)17-3-1-2-16(12-17)19(23,24)25/h1-7,12H,8-11,13H2/p+1. The lowest BCUT2D eigenvalue weighted by Gasteiger charge is -2.34. The molecule has 27 heavy (non-hydrogen) atoms. The van der Waals surface area contributed by atoms with Gasteiger partial charge in [0.05, 0.1) is 37.3 Å². The number of nitrogens with zero attached hydrogens (tertiary/aromatic N) is 1. The van der Waals surface area contributed by atoms with Crippen molar-refractivity contribution in [1.82, 2.24) is 0 Å². The first-order chi connectivity index (χ1) is 12.6. The zero-order valence-corrected chi connectivity index (χ0v) is 14.4. The molecule has 2 aromatic rings. The summed E-state index contributed by atoms with van der Waals surface area (Å²) in [5.41, 5.74) is 0.0130. The van der Waals surface area contributed by atoms with Crippen molar-refractivity contribution in [1.29, 1.82) is 0 Å². The molecule has 2 nitrogen and oxygen atoms in total. The van der Waals surface area contributed by atoms with E-state index in [1.54, 1.807) is 6.07 Å². The monoisotopic (exact) mass is 389 g/mol. The van der Waals surface area contributed by atoms with Crippen LogP contribution in [0, 0.1) is 0 Å². The van der Waals surface area contributed by atoms with Gasteiger partial charge in [0.25, 0.3) is 0 Å². The quantitative estimate of drug-likeness (QED) is 0.788. The highest BCUT2D eigenvalue weighted by molar-refractivity contribution is 5.49. The zero-order valence-electron chi connectivity index (χ0n) is 14.4. The van der Waals surface area contributed by atoms with Gasteiger partial charge < -0.3 is 9.80 Å². The Morgan fingerprint density at radius 3 is 1.93 bits per heavy atom. The van der Waals surface area contributed by atoms with Crippen molar-refractivity contribution < 1.29 is 31.2 Å². The summed E-state index contributed by atoms with van der Waals surface area (Å²) in [6.45, 7) is 3.19. The maximum absolute atomic E-state index is 12.8. The molecule has 0 amide bonds. The molecule has 1 fully saturated rings. The second-order valence-electron chi connectivity index (χ2n) is 6.66. The molecule has 0 aromatic heterocycles. The van der Waals surface area contributed by atoms with Crippen molar-refractivity contribution in [2.75, 3.05) is 31.1 Å². The fourth-order valence-electron chi connectivity index (χ4n) is 3.24. The van der Waals surface area contributed by atoms with E-state index in [-0.39, 0.29) is 0 Å². The van der Waals surface area contributed by atoms with Crippen molar-refractivity contribution in [2.45, 2.75) is 18.9 Å². The number of quaternary nitrogens is 1. The Morgan fingerprint density at radius 2 is 1.37 bits per heavy atom. The van der Waals surface area contributed by atoms with Crippen LogP contribution in [-0.2, 0) is 18.9 Å². The van der Waals surface area contributed by atoms with E-state index in [1.165, 1.54) is 23.1 Å². The molecule has 1 aliphatic heterocycles. The number of benzene rings is 2. The largest absolute Gasteiger partial charge is 0.416 e. The summed E-state index contributed by atoms with van der Waals surface area (Å²) in [4.78, 5) is 3.10. The number of hydrogen-bond donors (Lipinski definition) is 1. The smallest absolute Gasteiger partial charge is 0.360 e. The summed E-state index contributed by atoms with van der Waals surface area (Å²) < 4.78 is 76.4. The summed E-state index contributed by atoms with van der Waals surface area (Å²) >= 11 is 0. The van der Waals surface area contributed by atoms with Gasteiger partial charge in [-0.25, -0.2) is 0 Å². The Hall–Kier alpha value is -2.22. The van der Waals surface area contributed by atoms with Crippen LogP contribution in [0.15, 0.2) is 48.5 Å². The molecule has 8 heteroatoms. The molecule has 1 heterocycles. The first-order valence-electron chi connectivity index (χ1n) is 8.55. The van der Waals surface area contributed by atoms with E-state index in [0.717, 1.165) is 29.8 Å². The average molecular weight is 389 g/mol. The van der Waals surface area contributed by atoms with Gasteiger partial charge in [-0.3, -0.25) is 0 Å². The van der Waals surface area contributed by atoms with Crippen molar-refractivity contribution in [3.05, 3.63) is 65.2 Å². The molecule has 0 radical (unpaired) electrons. The van der Waals surface area contributed by atoms with Crippen LogP contribution in [0.5, 0.6) is 0 Å². The number of hydrogen-bond acceptors (Lipinski definition) is 1. The molecule has 0 saturated carbocycles. The Morgan fingerprint density at radius 1 is 0.778 bits per heavy atom. The minimum Gasteiger partial charge on any atom is -0.360 e. The lowest BCUT2D eigenvalue weighted by molar-refractivity contribution is -0.914. The highest BCUT2D eigenvalue weighted by atomic mass is 19.4. The van der Waals surface area contributed by atoms with E-state index in [0.29, 0.717) is 38.4 Å². The Kier molecular flexibility index (Phi) is 5.37. The molecule has 0 unspecified atom stereocenters. The van der Waals surface area contributed by atoms with Crippen LogP contribution in [0.2, 0.25) is 0 Å². The van der Waals surface area contributed by atoms with Crippen LogP contribution in [0.1, 0.15) is 16.7 Å². The highest BCUT2D eigenvalue weighted by Crippen LogP contribution is 2.31. The minimum absolute atomic E-state index is 0.540. The second kappa shape index (κ2) is 7.42. The first kappa shape index (κ1) is 19.5. The third-order valence-corrected chi connectivity index (χ3v) is 4.74. The van der Waals surface area contributed by atoms with Gasteiger partial charge in [-0.2, -0.15) is 26.3 Å². The number of piperazine rings is 1. The second-order valence-corrected chi connectivity index (χ2v) is 6.66. The van der Waals surface area contributed by atoms with E-state index in [1.807, 2.05) is 4.90 Å². The molecule has 2 aromatic carbocycles. The van der Waals surface area contributed by atoms with Gasteiger partial charge in [0.15, 0.2) is 0 Å². The van der Waals surface area contributed by atoms with Crippen molar-refractivity contribution in [2.24, 2.45) is 0 Å². The molecule has 0 aliphatic carbocycles. The van der Waals surface area contributed by atoms with Gasteiger partial charge in [-0.05, 0) is 30.3 Å². The maximum atomic E-state index is 12.8. The molecule has 1 aliphatic rings. The van der Waals surface area contributed by atoms with Gasteiger partial charge >= 0.3 is 12.4 Å². The number of rotatable bonds is 3. The SMILES string of the molecule is FC(F)(F)c1ccc(C[NH+]2CCN(c3cccc(C(F)(F)F)c3)CC2)cc1. The van der Waals surface area contributed by atoms with Gasteiger partial charge in [0.2, 0.25) is 0 Å². The van der Waals surface area contributed by atoms with Gasteiger partial charge in [-0.15, -0.1) is 0 Å². The van der Waals surface area contributed by atoms with E-state index >= 15 is 0 Å². The van der Waals surface area contributed by atoms with E-state index in [4.69, 9.17) is 0 Å². The number of halogens is 6. The number of anilines is 1. The number of nitrogens with one attached hydrogen (secondary N) is 1. The van der Waals surface area contributed by atoms with Crippen LogP contribution >= 0.6 is 0 Å². The minimum atomic E-state index is -4.37. The van der Waals surface area contributed by atoms with Crippen LogP contribution in [0.25, 0.3) is 0 Å². The van der Waals surface area contributed by atoms with Crippen LogP contribution in [0.4, 0.5) is 32.0 Å². The maximum Gasteiger partial charge on any atom is 0.416 e. The number of alkyl halides is 6. The van der Waals surface area contributed by atoms with Crippen molar-refractivity contribution >= 4 is 5.69 Å². The third kappa shape index (κ3) is 4.94. The Bertz CT molecular complexity index is 759. The fraction of sp³-hybridized carbons (Fsp3) is 0.368. The molecule has 1 N–H and O–H groups in total. The first-order valence-corrected chi connectivity index (χ1v) is 8.55. The van der Waals surface area contributed by atoms with Gasteiger partial charge in [0.1, 0.15) is 6.54 Å². The fourth-order valence-corrected chi connectivity index (χ4v) is 3.24. The normalized spacial score (nSPS) is 16.6. The third-order valence-electron chi connectivity index (χ3n) is 4.74. The average Bonchev–Trinajstić information content (AvgIpc) is 2.61. The lowest BCUT2D eigenvalue weighted by atomic mass is 10.1. The van der Waals surface area contributed by atoms with E-state index < -0.39 is 23.5 Å². The Labute approximate surface area is 153 Å². The molecule has 0 spiro atoms. The predicted molar refractivity (Wildman–Crippen MR) is 89.5 cm³/mol. The summed E-state index contributed by atoms with van der Waals surface area (Å²) in [5, 5.41) is 0. The van der Waals surface area contributed by atoms with E-state index in [2.05, 4.69) is 0 Å². The molecule has 1 saturated heterocycles. The van der Waals surface area contributed by atoms with Crippen molar-refractivity contribution in [3.8, 4) is 0 Å². The lowest BCUT2D eigenvalue weighted by Crippen LogP contribution is -3.13. The summed E-state index contributed by atoms with van der Waals surface area (Å²) in [5.74, 6) is 0. The molecule has 0 bridgehead atoms. The highest BCUT2D eigenvalue weighted by Gasteiger charge is 2.32. The Balaban J connectivity index is 1.58. The van der Waals surface area contributed by atoms with E-state index in [9.17, 15) is 26.3 Å². The van der Waals surface area contributed by atoms with Gasteiger partial charge in [-0.1, -0.05) is 18.2 Å². The molecule has 0 atom stereocenters. The molecular weight excluding hydrogens is 370 g/mol. The van der Waals surface area contributed by atoms with Crippen LogP contribution in [0.3, 0.4) is 0 Å².